The third kappa shape index (κ3) is 2.43. The number of fused-ring (bicyclic) bond motifs is 1. The number of rotatable bonds is 3. The van der Waals surface area contributed by atoms with Crippen molar-refractivity contribution >= 4 is 23.1 Å². The molecule has 0 aliphatic carbocycles. The highest BCUT2D eigenvalue weighted by Crippen LogP contribution is 2.36. The fraction of sp³-hybridized carbons (Fsp3) is 0.333. The lowest BCUT2D eigenvalue weighted by molar-refractivity contribution is 0.676. The summed E-state index contributed by atoms with van der Waals surface area (Å²) in [6.45, 7) is 5.98. The molecule has 2 heterocycles. The van der Waals surface area contributed by atoms with Gasteiger partial charge in [-0.15, -0.1) is 0 Å². The van der Waals surface area contributed by atoms with E-state index in [0.29, 0.717) is 11.3 Å². The van der Waals surface area contributed by atoms with Crippen molar-refractivity contribution < 1.29 is 0 Å². The van der Waals surface area contributed by atoms with Crippen molar-refractivity contribution in [3.8, 4) is 0 Å². The molecule has 0 radical (unpaired) electrons. The Hall–Kier alpha value is -1.81. The Bertz CT molecular complexity index is 600. The number of anilines is 2. The summed E-state index contributed by atoms with van der Waals surface area (Å²) in [5, 5.41) is 0.302. The lowest BCUT2D eigenvalue weighted by Crippen LogP contribution is -2.35. The molecule has 0 fully saturated rings. The van der Waals surface area contributed by atoms with E-state index >= 15 is 0 Å². The summed E-state index contributed by atoms with van der Waals surface area (Å²) < 4.78 is 0. The van der Waals surface area contributed by atoms with Crippen LogP contribution < -0.4 is 9.80 Å². The highest BCUT2D eigenvalue weighted by molar-refractivity contribution is 6.28. The van der Waals surface area contributed by atoms with Gasteiger partial charge in [0.2, 0.25) is 5.28 Å². The van der Waals surface area contributed by atoms with Crippen LogP contribution in [0.5, 0.6) is 0 Å². The van der Waals surface area contributed by atoms with Crippen molar-refractivity contribution in [2.24, 2.45) is 0 Å². The zero-order chi connectivity index (χ0) is 14.1. The molecule has 0 spiro atoms. The first-order valence-electron chi connectivity index (χ1n) is 6.73. The van der Waals surface area contributed by atoms with E-state index in [1.807, 2.05) is 12.3 Å². The third-order valence-corrected chi connectivity index (χ3v) is 3.68. The Morgan fingerprint density at radius 2 is 2.00 bits per heavy atom. The van der Waals surface area contributed by atoms with Crippen LogP contribution in [0.4, 0.5) is 11.5 Å². The molecule has 0 bridgehead atoms. The third-order valence-electron chi connectivity index (χ3n) is 3.50. The maximum atomic E-state index is 5.93. The van der Waals surface area contributed by atoms with Gasteiger partial charge in [0.1, 0.15) is 5.69 Å². The van der Waals surface area contributed by atoms with E-state index in [1.165, 1.54) is 5.56 Å². The van der Waals surface area contributed by atoms with Crippen molar-refractivity contribution in [3.63, 3.8) is 0 Å². The number of halogens is 1. The Balaban J connectivity index is 1.92. The van der Waals surface area contributed by atoms with Crippen LogP contribution in [-0.2, 0) is 6.54 Å². The van der Waals surface area contributed by atoms with Crippen LogP contribution in [0.25, 0.3) is 0 Å². The van der Waals surface area contributed by atoms with Gasteiger partial charge in [-0.3, -0.25) is 0 Å². The van der Waals surface area contributed by atoms with Crippen molar-refractivity contribution in [1.29, 1.82) is 0 Å². The summed E-state index contributed by atoms with van der Waals surface area (Å²) >= 11 is 5.93. The second-order valence-electron chi connectivity index (χ2n) is 5.24. The smallest absolute Gasteiger partial charge is 0.224 e. The molecule has 1 aliphatic rings. The average molecular weight is 289 g/mol. The van der Waals surface area contributed by atoms with Gasteiger partial charge in [0.25, 0.3) is 0 Å². The van der Waals surface area contributed by atoms with Crippen molar-refractivity contribution in [3.05, 3.63) is 47.4 Å². The highest BCUT2D eigenvalue weighted by Gasteiger charge is 2.29. The first kappa shape index (κ1) is 13.2. The minimum Gasteiger partial charge on any atom is -0.345 e. The molecule has 20 heavy (non-hydrogen) atoms. The van der Waals surface area contributed by atoms with E-state index in [9.17, 15) is 0 Å². The zero-order valence-electron chi connectivity index (χ0n) is 11.6. The molecule has 104 valence electrons. The summed E-state index contributed by atoms with van der Waals surface area (Å²) in [7, 11) is 0. The molecule has 0 unspecified atom stereocenters. The summed E-state index contributed by atoms with van der Waals surface area (Å²) in [6.07, 6.45) is 1.82. The number of benzene rings is 1. The van der Waals surface area contributed by atoms with E-state index in [0.717, 1.165) is 24.7 Å². The van der Waals surface area contributed by atoms with Crippen LogP contribution >= 0.6 is 11.6 Å². The molecule has 1 aromatic heterocycles. The normalized spacial score (nSPS) is 14.0. The van der Waals surface area contributed by atoms with E-state index in [1.54, 1.807) is 0 Å². The largest absolute Gasteiger partial charge is 0.345 e. The van der Waals surface area contributed by atoms with Crippen LogP contribution in [0.3, 0.4) is 0 Å². The quantitative estimate of drug-likeness (QED) is 0.811. The molecule has 0 saturated heterocycles. The van der Waals surface area contributed by atoms with E-state index in [2.05, 4.69) is 57.9 Å². The number of hydrogen-bond donors (Lipinski definition) is 0. The van der Waals surface area contributed by atoms with Gasteiger partial charge in [0.05, 0.1) is 12.9 Å². The number of hydrogen-bond acceptors (Lipinski definition) is 4. The van der Waals surface area contributed by atoms with Crippen LogP contribution in [0, 0.1) is 0 Å². The molecule has 1 aliphatic heterocycles. The summed E-state index contributed by atoms with van der Waals surface area (Å²) in [6, 6.07) is 10.8. The Morgan fingerprint density at radius 3 is 2.70 bits per heavy atom. The first-order chi connectivity index (χ1) is 9.65. The molecular weight excluding hydrogens is 272 g/mol. The highest BCUT2D eigenvalue weighted by atomic mass is 35.5. The first-order valence-corrected chi connectivity index (χ1v) is 7.11. The summed E-state index contributed by atoms with van der Waals surface area (Å²) in [4.78, 5) is 13.0. The summed E-state index contributed by atoms with van der Waals surface area (Å²) in [5.74, 6) is 0.927. The second-order valence-corrected chi connectivity index (χ2v) is 5.57. The molecule has 0 N–H and O–H groups in total. The van der Waals surface area contributed by atoms with Crippen LogP contribution in [0.2, 0.25) is 5.28 Å². The van der Waals surface area contributed by atoms with Gasteiger partial charge < -0.3 is 9.80 Å². The maximum absolute atomic E-state index is 5.93. The fourth-order valence-corrected chi connectivity index (χ4v) is 2.58. The van der Waals surface area contributed by atoms with Crippen molar-refractivity contribution in [2.45, 2.75) is 26.4 Å². The van der Waals surface area contributed by atoms with Crippen molar-refractivity contribution in [2.75, 3.05) is 16.5 Å². The average Bonchev–Trinajstić information content (AvgIpc) is 2.78. The van der Waals surface area contributed by atoms with E-state index in [-0.39, 0.29) is 0 Å². The maximum Gasteiger partial charge on any atom is 0.224 e. The van der Waals surface area contributed by atoms with Crippen LogP contribution in [0.15, 0.2) is 36.5 Å². The molecule has 3 rings (SSSR count). The van der Waals surface area contributed by atoms with Gasteiger partial charge in [-0.2, -0.15) is 4.98 Å². The molecule has 0 atom stereocenters. The van der Waals surface area contributed by atoms with Crippen LogP contribution in [-0.4, -0.2) is 22.7 Å². The number of nitrogens with zero attached hydrogens (tertiary/aromatic N) is 4. The molecule has 1 aromatic carbocycles. The zero-order valence-corrected chi connectivity index (χ0v) is 12.4. The molecule has 4 nitrogen and oxygen atoms in total. The molecule has 5 heteroatoms. The second kappa shape index (κ2) is 5.29. The fourth-order valence-electron chi connectivity index (χ4n) is 2.45. The topological polar surface area (TPSA) is 32.3 Å². The van der Waals surface area contributed by atoms with Gasteiger partial charge in [-0.05, 0) is 31.0 Å². The molecule has 0 amide bonds. The minimum absolute atomic E-state index is 0.302. The Morgan fingerprint density at radius 1 is 1.25 bits per heavy atom. The number of aromatic nitrogens is 2. The standard InChI is InChI=1S/C15H17ClN4/c1-11(2)20-10-19(9-12-6-4-3-5-7-12)13-8-17-15(16)18-14(13)20/h3-8,11H,9-10H2,1-2H3. The van der Waals surface area contributed by atoms with E-state index in [4.69, 9.17) is 11.6 Å². The predicted molar refractivity (Wildman–Crippen MR) is 82.1 cm³/mol. The van der Waals surface area contributed by atoms with Crippen LogP contribution in [0.1, 0.15) is 19.4 Å². The summed E-state index contributed by atoms with van der Waals surface area (Å²) in [5.41, 5.74) is 2.32. The van der Waals surface area contributed by atoms with Crippen molar-refractivity contribution in [1.82, 2.24) is 9.97 Å². The molecular formula is C15H17ClN4. The molecule has 2 aromatic rings. The van der Waals surface area contributed by atoms with Gasteiger partial charge in [-0.25, -0.2) is 4.98 Å². The van der Waals surface area contributed by atoms with Gasteiger partial charge >= 0.3 is 0 Å². The lowest BCUT2D eigenvalue weighted by atomic mass is 10.2. The Labute approximate surface area is 124 Å². The molecule has 0 saturated carbocycles. The monoisotopic (exact) mass is 288 g/mol. The minimum atomic E-state index is 0.302. The SMILES string of the molecule is CC(C)N1CN(Cc2ccccc2)c2cnc(Cl)nc21. The van der Waals surface area contributed by atoms with Gasteiger partial charge in [0.15, 0.2) is 5.82 Å². The Kier molecular flexibility index (Phi) is 3.49. The van der Waals surface area contributed by atoms with Gasteiger partial charge in [-0.1, -0.05) is 30.3 Å². The van der Waals surface area contributed by atoms with E-state index < -0.39 is 0 Å². The lowest BCUT2D eigenvalue weighted by Gasteiger charge is -2.24. The van der Waals surface area contributed by atoms with Gasteiger partial charge in [0, 0.05) is 12.6 Å². The predicted octanol–water partition coefficient (Wildman–Crippen LogP) is 3.32.